The van der Waals surface area contributed by atoms with Gasteiger partial charge in [-0.15, -0.1) is 0 Å². The largest absolute Gasteiger partial charge is 0.353 e. The highest BCUT2D eigenvalue weighted by molar-refractivity contribution is 14.1. The number of H-pyrrole nitrogens is 1. The van der Waals surface area contributed by atoms with Gasteiger partial charge in [-0.25, -0.2) is 9.97 Å². The number of imidazole rings is 1. The van der Waals surface area contributed by atoms with Gasteiger partial charge in [-0.3, -0.25) is 9.80 Å². The van der Waals surface area contributed by atoms with Crippen molar-refractivity contribution in [3.8, 4) is 11.4 Å². The molecule has 2 aliphatic rings. The molecule has 2 aromatic heterocycles. The van der Waals surface area contributed by atoms with Crippen LogP contribution in [0.25, 0.3) is 11.4 Å². The molecule has 0 bridgehead atoms. The van der Waals surface area contributed by atoms with Gasteiger partial charge < -0.3 is 9.88 Å². The van der Waals surface area contributed by atoms with E-state index in [1.165, 1.54) is 35.1 Å². The minimum absolute atomic E-state index is 0.532. The number of aromatic nitrogens is 3. The number of piperazine rings is 1. The maximum atomic E-state index is 6.68. The van der Waals surface area contributed by atoms with E-state index in [1.54, 1.807) is 6.20 Å². The number of nitrogens with one attached hydrogen (secondary N) is 1. The molecule has 34 heavy (non-hydrogen) atoms. The summed E-state index contributed by atoms with van der Waals surface area (Å²) in [6.07, 6.45) is 9.07. The number of likely N-dealkylation sites (tertiary alicyclic amines) is 1. The Morgan fingerprint density at radius 2 is 1.88 bits per heavy atom. The van der Waals surface area contributed by atoms with Crippen LogP contribution in [0, 0.1) is 3.57 Å². The molecule has 4 heterocycles. The summed E-state index contributed by atoms with van der Waals surface area (Å²) in [7, 11) is 0. The fraction of sp³-hybridized carbons (Fsp3) is 0.462. The highest BCUT2D eigenvalue weighted by Gasteiger charge is 2.34. The molecular formula is C26H32ClIN6. The maximum Gasteiger partial charge on any atom is 0.147 e. The second-order valence-corrected chi connectivity index (χ2v) is 11.0. The zero-order valence-electron chi connectivity index (χ0n) is 19.6. The quantitative estimate of drug-likeness (QED) is 0.395. The Morgan fingerprint density at radius 1 is 1.09 bits per heavy atom. The molecule has 2 fully saturated rings. The molecular weight excluding hydrogens is 559 g/mol. The fourth-order valence-corrected chi connectivity index (χ4v) is 6.02. The minimum atomic E-state index is 0.532. The zero-order chi connectivity index (χ0) is 23.5. The second kappa shape index (κ2) is 10.9. The third kappa shape index (κ3) is 5.42. The van der Waals surface area contributed by atoms with Crippen molar-refractivity contribution in [3.05, 3.63) is 63.1 Å². The van der Waals surface area contributed by atoms with Crippen LogP contribution in [0.3, 0.4) is 0 Å². The summed E-state index contributed by atoms with van der Waals surface area (Å²) in [5, 5.41) is 0.695. The van der Waals surface area contributed by atoms with Crippen LogP contribution in [0.1, 0.15) is 31.7 Å². The summed E-state index contributed by atoms with van der Waals surface area (Å²) in [5.41, 5.74) is 2.34. The maximum absolute atomic E-state index is 6.68. The Labute approximate surface area is 220 Å². The number of hydrogen-bond acceptors (Lipinski definition) is 5. The standard InChI is InChI=1S/C26H32ClIN6/c1-2-22-18-33(26-24(27)15-20(16-31-26)25-29-9-10-30-25)13-14-34(22)23-7-11-32(12-8-23)17-19-3-5-21(28)6-4-19/h3-6,9-10,15-16,22-23H,2,7-8,11-14,17-18H2,1H3,(H,29,30)/t22-/m0/s1. The second-order valence-electron chi connectivity index (χ2n) is 9.35. The average molecular weight is 591 g/mol. The van der Waals surface area contributed by atoms with Gasteiger partial charge in [0.1, 0.15) is 11.6 Å². The number of aromatic amines is 1. The van der Waals surface area contributed by atoms with Crippen LogP contribution in [0.4, 0.5) is 5.82 Å². The number of halogens is 2. The van der Waals surface area contributed by atoms with Gasteiger partial charge in [0.05, 0.1) is 5.02 Å². The summed E-state index contributed by atoms with van der Waals surface area (Å²) < 4.78 is 1.30. The molecule has 2 aliphatic heterocycles. The van der Waals surface area contributed by atoms with E-state index < -0.39 is 0 Å². The van der Waals surface area contributed by atoms with E-state index in [9.17, 15) is 0 Å². The molecule has 2 saturated heterocycles. The first-order chi connectivity index (χ1) is 16.6. The molecule has 6 nitrogen and oxygen atoms in total. The monoisotopic (exact) mass is 590 g/mol. The van der Waals surface area contributed by atoms with Crippen molar-refractivity contribution in [1.82, 2.24) is 24.8 Å². The summed E-state index contributed by atoms with van der Waals surface area (Å²) in [6.45, 7) is 8.73. The number of pyridine rings is 1. The van der Waals surface area contributed by atoms with Crippen molar-refractivity contribution < 1.29 is 0 Å². The first kappa shape index (κ1) is 24.0. The fourth-order valence-electron chi connectivity index (χ4n) is 5.38. The molecule has 0 aliphatic carbocycles. The lowest BCUT2D eigenvalue weighted by Gasteiger charge is -2.47. The van der Waals surface area contributed by atoms with Crippen LogP contribution in [0.2, 0.25) is 5.02 Å². The molecule has 180 valence electrons. The van der Waals surface area contributed by atoms with Crippen LogP contribution in [-0.2, 0) is 6.54 Å². The molecule has 1 aromatic carbocycles. The molecule has 1 N–H and O–H groups in total. The Morgan fingerprint density at radius 3 is 2.56 bits per heavy atom. The van der Waals surface area contributed by atoms with Crippen LogP contribution >= 0.6 is 34.2 Å². The zero-order valence-corrected chi connectivity index (χ0v) is 22.5. The van der Waals surface area contributed by atoms with Crippen molar-refractivity contribution in [3.63, 3.8) is 0 Å². The van der Waals surface area contributed by atoms with E-state index >= 15 is 0 Å². The van der Waals surface area contributed by atoms with Crippen LogP contribution < -0.4 is 4.90 Å². The van der Waals surface area contributed by atoms with Gasteiger partial charge in [0.15, 0.2) is 0 Å². The van der Waals surface area contributed by atoms with Gasteiger partial charge in [0.25, 0.3) is 0 Å². The number of hydrogen-bond donors (Lipinski definition) is 1. The molecule has 5 rings (SSSR count). The minimum Gasteiger partial charge on any atom is -0.353 e. The number of nitrogens with zero attached hydrogens (tertiary/aromatic N) is 5. The number of anilines is 1. The molecule has 1 atom stereocenters. The lowest BCUT2D eigenvalue weighted by atomic mass is 9.98. The smallest absolute Gasteiger partial charge is 0.147 e. The normalized spacial score (nSPS) is 20.7. The number of benzene rings is 1. The Bertz CT molecular complexity index is 1070. The summed E-state index contributed by atoms with van der Waals surface area (Å²) in [6, 6.07) is 12.1. The highest BCUT2D eigenvalue weighted by Crippen LogP contribution is 2.31. The van der Waals surface area contributed by atoms with Gasteiger partial charge in [-0.1, -0.05) is 30.7 Å². The first-order valence-corrected chi connectivity index (χ1v) is 13.7. The van der Waals surface area contributed by atoms with Crippen LogP contribution in [0.15, 0.2) is 48.9 Å². The van der Waals surface area contributed by atoms with Crippen molar-refractivity contribution in [2.75, 3.05) is 37.6 Å². The SMILES string of the molecule is CC[C@H]1CN(c2ncc(-c3ncc[nH]3)cc2Cl)CCN1C1CCN(Cc2ccc(I)cc2)CC1. The van der Waals surface area contributed by atoms with Crippen LogP contribution in [-0.4, -0.2) is 69.6 Å². The van der Waals surface area contributed by atoms with Gasteiger partial charge >= 0.3 is 0 Å². The summed E-state index contributed by atoms with van der Waals surface area (Å²) >= 11 is 9.05. The van der Waals surface area contributed by atoms with Gasteiger partial charge in [-0.05, 0) is 78.7 Å². The Kier molecular flexibility index (Phi) is 7.73. The lowest BCUT2D eigenvalue weighted by Crippen LogP contribution is -2.58. The predicted molar refractivity (Wildman–Crippen MR) is 147 cm³/mol. The van der Waals surface area contributed by atoms with E-state index in [2.05, 4.69) is 78.4 Å². The molecule has 0 amide bonds. The molecule has 0 spiro atoms. The van der Waals surface area contributed by atoms with Gasteiger partial charge in [-0.2, -0.15) is 0 Å². The van der Waals surface area contributed by atoms with Crippen molar-refractivity contribution >= 4 is 40.0 Å². The van der Waals surface area contributed by atoms with Gasteiger partial charge in [0, 0.05) is 66.0 Å². The Balaban J connectivity index is 1.18. The van der Waals surface area contributed by atoms with E-state index in [0.29, 0.717) is 17.1 Å². The summed E-state index contributed by atoms with van der Waals surface area (Å²) in [4.78, 5) is 19.9. The third-order valence-electron chi connectivity index (χ3n) is 7.24. The molecule has 3 aromatic rings. The van der Waals surface area contributed by atoms with Crippen molar-refractivity contribution in [1.29, 1.82) is 0 Å². The highest BCUT2D eigenvalue weighted by atomic mass is 127. The average Bonchev–Trinajstić information content (AvgIpc) is 3.41. The van der Waals surface area contributed by atoms with E-state index in [4.69, 9.17) is 16.6 Å². The van der Waals surface area contributed by atoms with Crippen molar-refractivity contribution in [2.45, 2.75) is 44.8 Å². The molecule has 0 unspecified atom stereocenters. The number of rotatable bonds is 6. The summed E-state index contributed by atoms with van der Waals surface area (Å²) in [5.74, 6) is 1.69. The topological polar surface area (TPSA) is 51.3 Å². The molecule has 0 saturated carbocycles. The molecule has 8 heteroatoms. The van der Waals surface area contributed by atoms with Gasteiger partial charge in [0.2, 0.25) is 0 Å². The van der Waals surface area contributed by atoms with E-state index in [-0.39, 0.29) is 0 Å². The van der Waals surface area contributed by atoms with Crippen LogP contribution in [0.5, 0.6) is 0 Å². The first-order valence-electron chi connectivity index (χ1n) is 12.2. The predicted octanol–water partition coefficient (Wildman–Crippen LogP) is 5.29. The van der Waals surface area contributed by atoms with Crippen molar-refractivity contribution in [2.24, 2.45) is 0 Å². The van der Waals surface area contributed by atoms with E-state index in [0.717, 1.165) is 49.8 Å². The Hall–Kier alpha value is -1.68. The van der Waals surface area contributed by atoms with E-state index in [1.807, 2.05) is 18.5 Å². The lowest BCUT2D eigenvalue weighted by molar-refractivity contribution is 0.0610. The third-order valence-corrected chi connectivity index (χ3v) is 8.24. The number of piperidine rings is 1. The molecule has 0 radical (unpaired) electrons.